The SMILES string of the molecule is CC(Sc1nnc(-c2ccccc2)o1)C(=O)Nc1cc([N+](=O)[O-])ccc1Cl. The standard InChI is InChI=1S/C17H13ClN4O4S/c1-10(15(23)19-14-9-12(22(24)25)7-8-13(14)18)27-17-21-20-16(26-17)11-5-3-2-4-6-11/h2-10H,1H3,(H,19,23). The number of amides is 1. The molecule has 1 N–H and O–H groups in total. The van der Waals surface area contributed by atoms with Gasteiger partial charge in [-0.15, -0.1) is 10.2 Å². The van der Waals surface area contributed by atoms with Crippen LogP contribution in [0.25, 0.3) is 11.5 Å². The zero-order chi connectivity index (χ0) is 19.4. The molecule has 0 radical (unpaired) electrons. The quantitative estimate of drug-likeness (QED) is 0.367. The van der Waals surface area contributed by atoms with Crippen LogP contribution in [0.4, 0.5) is 11.4 Å². The van der Waals surface area contributed by atoms with Crippen molar-refractivity contribution in [3.63, 3.8) is 0 Å². The summed E-state index contributed by atoms with van der Waals surface area (Å²) in [6, 6.07) is 13.1. The molecule has 1 heterocycles. The van der Waals surface area contributed by atoms with E-state index in [1.807, 2.05) is 30.3 Å². The Morgan fingerprint density at radius 1 is 1.26 bits per heavy atom. The lowest BCUT2D eigenvalue weighted by molar-refractivity contribution is -0.384. The highest BCUT2D eigenvalue weighted by Gasteiger charge is 2.20. The van der Waals surface area contributed by atoms with Gasteiger partial charge in [-0.25, -0.2) is 0 Å². The fourth-order valence-corrected chi connectivity index (χ4v) is 2.96. The molecule has 0 aliphatic heterocycles. The highest BCUT2D eigenvalue weighted by Crippen LogP contribution is 2.29. The van der Waals surface area contributed by atoms with Gasteiger partial charge in [-0.1, -0.05) is 41.6 Å². The normalized spacial score (nSPS) is 11.8. The smallest absolute Gasteiger partial charge is 0.277 e. The maximum absolute atomic E-state index is 12.4. The van der Waals surface area contributed by atoms with E-state index >= 15 is 0 Å². The summed E-state index contributed by atoms with van der Waals surface area (Å²) in [5.41, 5.74) is 0.774. The number of carbonyl (C=O) groups excluding carboxylic acids is 1. The number of rotatable bonds is 6. The molecule has 1 aromatic heterocycles. The molecule has 0 saturated heterocycles. The first-order chi connectivity index (χ1) is 12.9. The molecule has 27 heavy (non-hydrogen) atoms. The van der Waals surface area contributed by atoms with Crippen molar-refractivity contribution < 1.29 is 14.1 Å². The molecule has 1 atom stereocenters. The minimum Gasteiger partial charge on any atom is -0.411 e. The number of carbonyl (C=O) groups is 1. The molecule has 138 valence electrons. The third kappa shape index (κ3) is 4.63. The van der Waals surface area contributed by atoms with Crippen molar-refractivity contribution in [2.45, 2.75) is 17.4 Å². The van der Waals surface area contributed by atoms with Gasteiger partial charge in [0.15, 0.2) is 0 Å². The van der Waals surface area contributed by atoms with Crippen molar-refractivity contribution in [1.29, 1.82) is 0 Å². The summed E-state index contributed by atoms with van der Waals surface area (Å²) < 4.78 is 5.56. The number of nitrogens with one attached hydrogen (secondary N) is 1. The van der Waals surface area contributed by atoms with Crippen LogP contribution in [-0.4, -0.2) is 26.3 Å². The summed E-state index contributed by atoms with van der Waals surface area (Å²) in [6.07, 6.45) is 0. The Kier molecular flexibility index (Phi) is 5.72. The Hall–Kier alpha value is -2.91. The average Bonchev–Trinajstić information content (AvgIpc) is 3.12. The molecule has 3 rings (SSSR count). The summed E-state index contributed by atoms with van der Waals surface area (Å²) in [6.45, 7) is 1.65. The number of hydrogen-bond donors (Lipinski definition) is 1. The summed E-state index contributed by atoms with van der Waals surface area (Å²) in [5, 5.41) is 21.2. The van der Waals surface area contributed by atoms with Crippen molar-refractivity contribution in [3.05, 3.63) is 63.7 Å². The molecule has 0 aliphatic rings. The Bertz CT molecular complexity index is 980. The summed E-state index contributed by atoms with van der Waals surface area (Å²) in [4.78, 5) is 22.7. The van der Waals surface area contributed by atoms with Crippen molar-refractivity contribution in [3.8, 4) is 11.5 Å². The second-order valence-electron chi connectivity index (χ2n) is 5.41. The number of nitro benzene ring substituents is 1. The first kappa shape index (κ1) is 18.9. The van der Waals surface area contributed by atoms with E-state index in [4.69, 9.17) is 16.0 Å². The van der Waals surface area contributed by atoms with Gasteiger partial charge in [-0.2, -0.15) is 0 Å². The van der Waals surface area contributed by atoms with Crippen LogP contribution >= 0.6 is 23.4 Å². The summed E-state index contributed by atoms with van der Waals surface area (Å²) >= 11 is 7.07. The maximum atomic E-state index is 12.4. The van der Waals surface area contributed by atoms with E-state index in [0.717, 1.165) is 17.3 Å². The molecule has 2 aromatic carbocycles. The molecule has 10 heteroatoms. The fourth-order valence-electron chi connectivity index (χ4n) is 2.12. The van der Waals surface area contributed by atoms with E-state index in [1.54, 1.807) is 6.92 Å². The minimum absolute atomic E-state index is 0.166. The number of anilines is 1. The number of hydrogen-bond acceptors (Lipinski definition) is 7. The minimum atomic E-state index is -0.593. The van der Waals surface area contributed by atoms with Gasteiger partial charge in [0.1, 0.15) is 0 Å². The maximum Gasteiger partial charge on any atom is 0.277 e. The number of nitro groups is 1. The van der Waals surface area contributed by atoms with Crippen LogP contribution in [-0.2, 0) is 4.79 Å². The molecule has 0 aliphatic carbocycles. The van der Waals surface area contributed by atoms with E-state index in [2.05, 4.69) is 15.5 Å². The van der Waals surface area contributed by atoms with Crippen molar-refractivity contribution in [2.24, 2.45) is 0 Å². The van der Waals surface area contributed by atoms with Gasteiger partial charge in [0.05, 0.1) is 20.9 Å². The van der Waals surface area contributed by atoms with Gasteiger partial charge in [0, 0.05) is 17.7 Å². The van der Waals surface area contributed by atoms with E-state index in [1.165, 1.54) is 18.2 Å². The van der Waals surface area contributed by atoms with E-state index < -0.39 is 16.1 Å². The van der Waals surface area contributed by atoms with Crippen molar-refractivity contribution in [2.75, 3.05) is 5.32 Å². The first-order valence-electron chi connectivity index (χ1n) is 7.74. The fraction of sp³-hybridized carbons (Fsp3) is 0.118. The Morgan fingerprint density at radius 2 is 2.00 bits per heavy atom. The first-order valence-corrected chi connectivity index (χ1v) is 9.00. The number of aromatic nitrogens is 2. The second-order valence-corrected chi connectivity index (χ2v) is 7.11. The zero-order valence-corrected chi connectivity index (χ0v) is 15.5. The number of thioether (sulfide) groups is 1. The van der Waals surface area contributed by atoms with Crippen LogP contribution < -0.4 is 5.32 Å². The monoisotopic (exact) mass is 404 g/mol. The van der Waals surface area contributed by atoms with E-state index in [-0.39, 0.29) is 21.6 Å². The van der Waals surface area contributed by atoms with Crippen LogP contribution in [0.1, 0.15) is 6.92 Å². The Morgan fingerprint density at radius 3 is 2.70 bits per heavy atom. The van der Waals surface area contributed by atoms with Crippen LogP contribution in [0, 0.1) is 10.1 Å². The van der Waals surface area contributed by atoms with Crippen molar-refractivity contribution in [1.82, 2.24) is 10.2 Å². The molecule has 0 saturated carbocycles. The summed E-state index contributed by atoms with van der Waals surface area (Å²) in [5.74, 6) is -0.0469. The third-order valence-electron chi connectivity index (χ3n) is 3.49. The topological polar surface area (TPSA) is 111 Å². The Balaban J connectivity index is 1.67. The molecule has 1 unspecified atom stereocenters. The molecular weight excluding hydrogens is 392 g/mol. The molecular formula is C17H13ClN4O4S. The van der Waals surface area contributed by atoms with Gasteiger partial charge in [0.2, 0.25) is 11.8 Å². The van der Waals surface area contributed by atoms with Gasteiger partial charge < -0.3 is 9.73 Å². The number of non-ortho nitro benzene ring substituents is 1. The molecule has 8 nitrogen and oxygen atoms in total. The molecule has 0 fully saturated rings. The van der Waals surface area contributed by atoms with Gasteiger partial charge in [0.25, 0.3) is 10.9 Å². The highest BCUT2D eigenvalue weighted by atomic mass is 35.5. The van der Waals surface area contributed by atoms with Gasteiger partial charge in [-0.05, 0) is 25.1 Å². The van der Waals surface area contributed by atoms with Crippen LogP contribution in [0.2, 0.25) is 5.02 Å². The third-order valence-corrected chi connectivity index (χ3v) is 4.76. The molecule has 0 bridgehead atoms. The molecule has 3 aromatic rings. The average molecular weight is 405 g/mol. The van der Waals surface area contributed by atoms with Crippen molar-refractivity contribution >= 4 is 40.6 Å². The molecule has 0 spiro atoms. The van der Waals surface area contributed by atoms with Crippen LogP contribution in [0.3, 0.4) is 0 Å². The van der Waals surface area contributed by atoms with E-state index in [9.17, 15) is 14.9 Å². The number of nitrogens with zero attached hydrogens (tertiary/aromatic N) is 3. The van der Waals surface area contributed by atoms with Gasteiger partial charge in [-0.3, -0.25) is 14.9 Å². The van der Waals surface area contributed by atoms with Crippen LogP contribution in [0.15, 0.2) is 58.2 Å². The summed E-state index contributed by atoms with van der Waals surface area (Å²) in [7, 11) is 0. The van der Waals surface area contributed by atoms with Crippen LogP contribution in [0.5, 0.6) is 0 Å². The predicted molar refractivity (Wildman–Crippen MR) is 102 cm³/mol. The Labute approximate surface area is 163 Å². The lowest BCUT2D eigenvalue weighted by atomic mass is 10.2. The lowest BCUT2D eigenvalue weighted by Crippen LogP contribution is -2.22. The second kappa shape index (κ2) is 8.19. The van der Waals surface area contributed by atoms with E-state index in [0.29, 0.717) is 5.89 Å². The number of benzene rings is 2. The number of halogens is 1. The highest BCUT2D eigenvalue weighted by molar-refractivity contribution is 8.00. The lowest BCUT2D eigenvalue weighted by Gasteiger charge is -2.11. The molecule has 1 amide bonds. The predicted octanol–water partition coefficient (Wildman–Crippen LogP) is 4.42. The zero-order valence-electron chi connectivity index (χ0n) is 14.0. The van der Waals surface area contributed by atoms with Gasteiger partial charge >= 0.3 is 0 Å². The largest absolute Gasteiger partial charge is 0.411 e.